The predicted octanol–water partition coefficient (Wildman–Crippen LogP) is 1.34. The van der Waals surface area contributed by atoms with E-state index in [1.807, 2.05) is 18.0 Å². The smallest absolute Gasteiger partial charge is 0.424 e. The number of cyclic esters (lactones) is 1. The van der Waals surface area contributed by atoms with Crippen LogP contribution in [0, 0.1) is 0 Å². The maximum Gasteiger partial charge on any atom is 0.424 e. The molecule has 1 aromatic rings. The van der Waals surface area contributed by atoms with Crippen LogP contribution in [-0.4, -0.2) is 53.5 Å². The second-order valence-electron chi connectivity index (χ2n) is 4.55. The van der Waals surface area contributed by atoms with Gasteiger partial charge in [0.2, 0.25) is 0 Å². The first-order valence-electron chi connectivity index (χ1n) is 6.73. The summed E-state index contributed by atoms with van der Waals surface area (Å²) in [5.74, 6) is -0.569. The number of carboxylic acid groups (broad SMARTS) is 1. The van der Waals surface area contributed by atoms with Crippen LogP contribution in [0.25, 0.3) is 0 Å². The first-order valence-corrected chi connectivity index (χ1v) is 6.73. The molecule has 0 saturated carbocycles. The number of hydrogen-bond acceptors (Lipinski definition) is 5. The Morgan fingerprint density at radius 1 is 1.48 bits per heavy atom. The molecule has 21 heavy (non-hydrogen) atoms. The van der Waals surface area contributed by atoms with Crippen LogP contribution in [0.1, 0.15) is 12.5 Å². The lowest BCUT2D eigenvalue weighted by Crippen LogP contribution is -2.51. The maximum atomic E-state index is 11.8. The molecule has 1 saturated heterocycles. The zero-order valence-corrected chi connectivity index (χ0v) is 11.8. The molecule has 0 aromatic heterocycles. The molecule has 7 heteroatoms. The number of amides is 1. The Kier molecular flexibility index (Phi) is 4.99. The molecule has 1 aliphatic rings. The van der Waals surface area contributed by atoms with Crippen LogP contribution in [0.4, 0.5) is 4.79 Å². The highest BCUT2D eigenvalue weighted by Crippen LogP contribution is 2.17. The summed E-state index contributed by atoms with van der Waals surface area (Å²) in [5, 5.41) is 12.1. The molecule has 0 aliphatic carbocycles. The molecule has 0 spiro atoms. The van der Waals surface area contributed by atoms with Crippen LogP contribution < -0.4 is 4.74 Å². The third-order valence-corrected chi connectivity index (χ3v) is 3.09. The molecular weight excluding hydrogens is 276 g/mol. The zero-order valence-electron chi connectivity index (χ0n) is 11.8. The molecule has 1 fully saturated rings. The highest BCUT2D eigenvalue weighted by atomic mass is 16.6. The van der Waals surface area contributed by atoms with Crippen molar-refractivity contribution in [3.05, 3.63) is 29.8 Å². The van der Waals surface area contributed by atoms with Gasteiger partial charge in [-0.2, -0.15) is 0 Å². The van der Waals surface area contributed by atoms with E-state index in [1.165, 1.54) is 0 Å². The van der Waals surface area contributed by atoms with Crippen LogP contribution >= 0.6 is 0 Å². The lowest BCUT2D eigenvalue weighted by atomic mass is 10.2. The van der Waals surface area contributed by atoms with Gasteiger partial charge in [-0.15, -0.1) is 0 Å². The van der Waals surface area contributed by atoms with E-state index in [2.05, 4.69) is 0 Å². The summed E-state index contributed by atoms with van der Waals surface area (Å²) < 4.78 is 10.2. The predicted molar refractivity (Wildman–Crippen MR) is 73.7 cm³/mol. The number of carbonyl (C=O) groups excluding carboxylic acids is 1. The van der Waals surface area contributed by atoms with Crippen molar-refractivity contribution in [2.75, 3.05) is 26.3 Å². The average Bonchev–Trinajstić information content (AvgIpc) is 2.47. The van der Waals surface area contributed by atoms with Gasteiger partial charge in [0.05, 0.1) is 13.1 Å². The fourth-order valence-corrected chi connectivity index (χ4v) is 2.09. The number of hydrazine groups is 1. The first kappa shape index (κ1) is 15.1. The SMILES string of the molecule is CCN1CCOC(=O)N1Cc1cccc(OCC(=O)O)c1. The number of benzene rings is 1. The van der Waals surface area contributed by atoms with Crippen LogP contribution in [0.15, 0.2) is 24.3 Å². The zero-order chi connectivity index (χ0) is 15.2. The molecule has 1 heterocycles. The number of likely N-dealkylation sites (N-methyl/N-ethyl adjacent to an activating group) is 1. The van der Waals surface area contributed by atoms with Crippen LogP contribution in [0.2, 0.25) is 0 Å². The summed E-state index contributed by atoms with van der Waals surface area (Å²) in [6, 6.07) is 7.01. The number of nitrogens with zero attached hydrogens (tertiary/aromatic N) is 2. The Morgan fingerprint density at radius 3 is 3.00 bits per heavy atom. The van der Waals surface area contributed by atoms with E-state index >= 15 is 0 Å². The van der Waals surface area contributed by atoms with E-state index < -0.39 is 12.6 Å². The second-order valence-corrected chi connectivity index (χ2v) is 4.55. The first-order chi connectivity index (χ1) is 10.1. The van der Waals surface area contributed by atoms with Gasteiger partial charge in [0.15, 0.2) is 6.61 Å². The van der Waals surface area contributed by atoms with Crippen LogP contribution in [0.3, 0.4) is 0 Å². The normalized spacial score (nSPS) is 15.7. The number of rotatable bonds is 6. The lowest BCUT2D eigenvalue weighted by molar-refractivity contribution is -0.139. The van der Waals surface area contributed by atoms with E-state index in [0.29, 0.717) is 32.0 Å². The van der Waals surface area contributed by atoms with Crippen LogP contribution in [0.5, 0.6) is 5.75 Å². The molecule has 0 atom stereocenters. The third kappa shape index (κ3) is 4.09. The minimum Gasteiger partial charge on any atom is -0.482 e. The van der Waals surface area contributed by atoms with Gasteiger partial charge < -0.3 is 14.6 Å². The third-order valence-electron chi connectivity index (χ3n) is 3.09. The van der Waals surface area contributed by atoms with Crippen molar-refractivity contribution in [2.45, 2.75) is 13.5 Å². The quantitative estimate of drug-likeness (QED) is 0.853. The van der Waals surface area contributed by atoms with E-state index in [4.69, 9.17) is 14.6 Å². The van der Waals surface area contributed by atoms with Crippen molar-refractivity contribution >= 4 is 12.1 Å². The van der Waals surface area contributed by atoms with Crippen molar-refractivity contribution in [2.24, 2.45) is 0 Å². The molecular formula is C14H18N2O5. The van der Waals surface area contributed by atoms with Crippen molar-refractivity contribution in [3.63, 3.8) is 0 Å². The highest BCUT2D eigenvalue weighted by Gasteiger charge is 2.26. The number of carboxylic acids is 1. The van der Waals surface area contributed by atoms with Gasteiger partial charge in [-0.05, 0) is 17.7 Å². The van der Waals surface area contributed by atoms with E-state index in [-0.39, 0.29) is 6.09 Å². The highest BCUT2D eigenvalue weighted by molar-refractivity contribution is 5.68. The number of carbonyl (C=O) groups is 2. The fourth-order valence-electron chi connectivity index (χ4n) is 2.09. The van der Waals surface area contributed by atoms with Crippen molar-refractivity contribution in [1.29, 1.82) is 0 Å². The van der Waals surface area contributed by atoms with Gasteiger partial charge in [-0.1, -0.05) is 19.1 Å². The minimum absolute atomic E-state index is 0.358. The minimum atomic E-state index is -1.03. The van der Waals surface area contributed by atoms with E-state index in [9.17, 15) is 9.59 Å². The number of ether oxygens (including phenoxy) is 2. The molecule has 0 unspecified atom stereocenters. The van der Waals surface area contributed by atoms with Gasteiger partial charge in [-0.25, -0.2) is 19.6 Å². The van der Waals surface area contributed by atoms with E-state index in [0.717, 1.165) is 5.56 Å². The Bertz CT molecular complexity index is 520. The number of aliphatic carboxylic acids is 1. The Morgan fingerprint density at radius 2 is 2.29 bits per heavy atom. The second kappa shape index (κ2) is 6.94. The Labute approximate surface area is 122 Å². The molecule has 1 aliphatic heterocycles. The summed E-state index contributed by atoms with van der Waals surface area (Å²) in [6.07, 6.45) is -0.375. The summed E-state index contributed by atoms with van der Waals surface area (Å²) >= 11 is 0. The monoisotopic (exact) mass is 294 g/mol. The standard InChI is InChI=1S/C14H18N2O5/c1-2-15-6-7-20-14(19)16(15)9-11-4-3-5-12(8-11)21-10-13(17)18/h3-5,8H,2,6-7,9-10H2,1H3,(H,17,18). The summed E-state index contributed by atoms with van der Waals surface area (Å²) in [6.45, 7) is 3.71. The van der Waals surface area contributed by atoms with Crippen molar-refractivity contribution < 1.29 is 24.2 Å². The molecule has 0 bridgehead atoms. The summed E-state index contributed by atoms with van der Waals surface area (Å²) in [7, 11) is 0. The van der Waals surface area contributed by atoms with Gasteiger partial charge >= 0.3 is 12.1 Å². The van der Waals surface area contributed by atoms with Crippen LogP contribution in [-0.2, 0) is 16.1 Å². The molecule has 114 valence electrons. The lowest BCUT2D eigenvalue weighted by Gasteiger charge is -2.37. The average molecular weight is 294 g/mol. The van der Waals surface area contributed by atoms with Gasteiger partial charge in [0.25, 0.3) is 0 Å². The molecule has 1 N–H and O–H groups in total. The Balaban J connectivity index is 2.05. The van der Waals surface area contributed by atoms with Gasteiger partial charge in [0.1, 0.15) is 12.4 Å². The molecule has 1 aromatic carbocycles. The number of hydrogen-bond donors (Lipinski definition) is 1. The molecule has 1 amide bonds. The van der Waals surface area contributed by atoms with Crippen molar-refractivity contribution in [1.82, 2.24) is 10.0 Å². The van der Waals surface area contributed by atoms with E-state index in [1.54, 1.807) is 23.2 Å². The maximum absolute atomic E-state index is 11.8. The summed E-state index contributed by atoms with van der Waals surface area (Å²) in [4.78, 5) is 22.3. The van der Waals surface area contributed by atoms with Crippen molar-refractivity contribution in [3.8, 4) is 5.75 Å². The largest absolute Gasteiger partial charge is 0.482 e. The van der Waals surface area contributed by atoms with Gasteiger partial charge in [0, 0.05) is 6.54 Å². The topological polar surface area (TPSA) is 79.3 Å². The fraction of sp³-hybridized carbons (Fsp3) is 0.429. The molecule has 7 nitrogen and oxygen atoms in total. The Hall–Kier alpha value is -2.28. The summed E-state index contributed by atoms with van der Waals surface area (Å²) in [5.41, 5.74) is 0.843. The molecule has 2 rings (SSSR count). The van der Waals surface area contributed by atoms with Gasteiger partial charge in [-0.3, -0.25) is 0 Å². The molecule has 0 radical (unpaired) electrons.